The van der Waals surface area contributed by atoms with Crippen LogP contribution in [0.15, 0.2) is 72.9 Å². The van der Waals surface area contributed by atoms with Gasteiger partial charge in [0.05, 0.1) is 11.4 Å². The third-order valence-electron chi connectivity index (χ3n) is 4.32. The fourth-order valence-corrected chi connectivity index (χ4v) is 3.03. The van der Waals surface area contributed by atoms with Crippen molar-refractivity contribution in [2.75, 3.05) is 5.32 Å². The van der Waals surface area contributed by atoms with Crippen LogP contribution in [-0.4, -0.2) is 20.3 Å². The fraction of sp³-hybridized carbons (Fsp3) is 0.0476. The predicted octanol–water partition coefficient (Wildman–Crippen LogP) is 4.92. The van der Waals surface area contributed by atoms with Crippen LogP contribution in [0.4, 0.5) is 10.1 Å². The molecule has 0 bridgehead atoms. The number of carbonyl (C=O) groups is 1. The van der Waals surface area contributed by atoms with Crippen LogP contribution in [0.3, 0.4) is 0 Å². The summed E-state index contributed by atoms with van der Waals surface area (Å²) < 4.78 is 16.6. The minimum absolute atomic E-state index is 0.350. The van der Waals surface area contributed by atoms with Gasteiger partial charge in [0.2, 0.25) is 0 Å². The summed E-state index contributed by atoms with van der Waals surface area (Å²) in [5.41, 5.74) is 3.09. The molecule has 0 aliphatic rings. The molecule has 0 aliphatic carbocycles. The van der Waals surface area contributed by atoms with Gasteiger partial charge in [-0.3, -0.25) is 4.79 Å². The van der Waals surface area contributed by atoms with Crippen molar-refractivity contribution in [3.63, 3.8) is 0 Å². The maximum Gasteiger partial charge on any atom is 0.274 e. The smallest absolute Gasteiger partial charge is 0.274 e. The maximum absolute atomic E-state index is 13.1. The first-order chi connectivity index (χ1) is 13.5. The first kappa shape index (κ1) is 18.0. The van der Waals surface area contributed by atoms with Crippen LogP contribution in [0.2, 0.25) is 5.02 Å². The van der Waals surface area contributed by atoms with Crippen LogP contribution in [0.1, 0.15) is 10.5 Å². The van der Waals surface area contributed by atoms with E-state index in [4.69, 9.17) is 11.6 Å². The van der Waals surface area contributed by atoms with Gasteiger partial charge < -0.3 is 9.88 Å². The summed E-state index contributed by atoms with van der Waals surface area (Å²) in [6.07, 6.45) is 1.91. The van der Waals surface area contributed by atoms with E-state index in [9.17, 15) is 9.18 Å². The Balaban J connectivity index is 1.76. The van der Waals surface area contributed by atoms with Gasteiger partial charge in [0.1, 0.15) is 17.2 Å². The number of aryl methyl sites for hydroxylation is 1. The number of anilines is 1. The molecule has 2 aromatic heterocycles. The van der Waals surface area contributed by atoms with Gasteiger partial charge in [0, 0.05) is 24.0 Å². The third kappa shape index (κ3) is 3.54. The SMILES string of the molecule is Cn1cccc1-c1cc(C(=O)Nc2ccc(F)cc2)n(-c2ccc(Cl)cc2)n1. The molecule has 2 heterocycles. The molecule has 28 heavy (non-hydrogen) atoms. The quantitative estimate of drug-likeness (QED) is 0.534. The number of benzene rings is 2. The topological polar surface area (TPSA) is 51.9 Å². The summed E-state index contributed by atoms with van der Waals surface area (Å²) in [6, 6.07) is 18.2. The van der Waals surface area contributed by atoms with Crippen LogP contribution in [0.5, 0.6) is 0 Å². The average Bonchev–Trinajstić information content (AvgIpc) is 3.30. The van der Waals surface area contributed by atoms with Gasteiger partial charge in [-0.15, -0.1) is 0 Å². The summed E-state index contributed by atoms with van der Waals surface area (Å²) in [6.45, 7) is 0. The highest BCUT2D eigenvalue weighted by Gasteiger charge is 2.19. The van der Waals surface area contributed by atoms with E-state index in [1.807, 2.05) is 29.9 Å². The number of nitrogens with one attached hydrogen (secondary N) is 1. The highest BCUT2D eigenvalue weighted by molar-refractivity contribution is 6.30. The van der Waals surface area contributed by atoms with Gasteiger partial charge in [0.25, 0.3) is 5.91 Å². The zero-order valence-electron chi connectivity index (χ0n) is 14.9. The number of aromatic nitrogens is 3. The average molecular weight is 395 g/mol. The highest BCUT2D eigenvalue weighted by atomic mass is 35.5. The Labute approximate surface area is 166 Å². The Morgan fingerprint density at radius 3 is 2.43 bits per heavy atom. The van der Waals surface area contributed by atoms with Crippen molar-refractivity contribution in [2.24, 2.45) is 7.05 Å². The summed E-state index contributed by atoms with van der Waals surface area (Å²) >= 11 is 5.99. The second-order valence-corrected chi connectivity index (χ2v) is 6.70. The zero-order valence-corrected chi connectivity index (χ0v) is 15.7. The molecule has 0 radical (unpaired) electrons. The Morgan fingerprint density at radius 1 is 1.07 bits per heavy atom. The molecular weight excluding hydrogens is 379 g/mol. The van der Waals surface area contributed by atoms with Gasteiger partial charge >= 0.3 is 0 Å². The van der Waals surface area contributed by atoms with Crippen molar-refractivity contribution >= 4 is 23.2 Å². The van der Waals surface area contributed by atoms with Gasteiger partial charge in [-0.25, -0.2) is 9.07 Å². The molecule has 2 aromatic carbocycles. The van der Waals surface area contributed by atoms with Gasteiger partial charge in [-0.1, -0.05) is 11.6 Å². The number of halogens is 2. The monoisotopic (exact) mass is 394 g/mol. The van der Waals surface area contributed by atoms with Crippen LogP contribution < -0.4 is 5.32 Å². The van der Waals surface area contributed by atoms with Crippen molar-refractivity contribution < 1.29 is 9.18 Å². The van der Waals surface area contributed by atoms with Gasteiger partial charge in [0.15, 0.2) is 0 Å². The molecular formula is C21H16ClFN4O. The van der Waals surface area contributed by atoms with E-state index < -0.39 is 0 Å². The predicted molar refractivity (Wildman–Crippen MR) is 107 cm³/mol. The maximum atomic E-state index is 13.1. The molecule has 0 spiro atoms. The number of hydrogen-bond donors (Lipinski definition) is 1. The number of hydrogen-bond acceptors (Lipinski definition) is 2. The van der Waals surface area contributed by atoms with Crippen molar-refractivity contribution in [1.82, 2.24) is 14.3 Å². The Morgan fingerprint density at radius 2 is 1.79 bits per heavy atom. The Hall–Kier alpha value is -3.38. The molecule has 0 atom stereocenters. The Bertz CT molecular complexity index is 1130. The molecule has 0 saturated heterocycles. The molecule has 7 heteroatoms. The van der Waals surface area contributed by atoms with Crippen LogP contribution in [0.25, 0.3) is 17.1 Å². The van der Waals surface area contributed by atoms with Crippen LogP contribution in [0, 0.1) is 5.82 Å². The highest BCUT2D eigenvalue weighted by Crippen LogP contribution is 2.23. The van der Waals surface area contributed by atoms with Crippen LogP contribution in [-0.2, 0) is 7.05 Å². The minimum atomic E-state index is -0.366. The van der Waals surface area contributed by atoms with Crippen LogP contribution >= 0.6 is 11.6 Å². The second kappa shape index (κ2) is 7.32. The lowest BCUT2D eigenvalue weighted by molar-refractivity contribution is 0.101. The molecule has 4 rings (SSSR count). The molecule has 4 aromatic rings. The largest absolute Gasteiger partial charge is 0.349 e. The van der Waals surface area contributed by atoms with Crippen molar-refractivity contribution in [3.8, 4) is 17.1 Å². The first-order valence-electron chi connectivity index (χ1n) is 8.56. The zero-order chi connectivity index (χ0) is 19.7. The summed E-state index contributed by atoms with van der Waals surface area (Å²) in [5, 5.41) is 8.00. The molecule has 140 valence electrons. The van der Waals surface area contributed by atoms with E-state index in [1.54, 1.807) is 35.0 Å². The number of rotatable bonds is 4. The van der Waals surface area contributed by atoms with Crippen molar-refractivity contribution in [1.29, 1.82) is 0 Å². The molecule has 0 saturated carbocycles. The van der Waals surface area contributed by atoms with E-state index >= 15 is 0 Å². The fourth-order valence-electron chi connectivity index (χ4n) is 2.90. The molecule has 1 amide bonds. The number of amides is 1. The summed E-state index contributed by atoms with van der Waals surface area (Å²) in [5.74, 6) is -0.718. The lowest BCUT2D eigenvalue weighted by atomic mass is 10.2. The minimum Gasteiger partial charge on any atom is -0.349 e. The summed E-state index contributed by atoms with van der Waals surface area (Å²) in [4.78, 5) is 12.9. The number of nitrogens with zero attached hydrogens (tertiary/aromatic N) is 3. The van der Waals surface area contributed by atoms with E-state index in [0.29, 0.717) is 27.8 Å². The normalized spacial score (nSPS) is 10.8. The van der Waals surface area contributed by atoms with Crippen molar-refractivity contribution in [2.45, 2.75) is 0 Å². The molecule has 0 unspecified atom stereocenters. The second-order valence-electron chi connectivity index (χ2n) is 6.27. The lowest BCUT2D eigenvalue weighted by Crippen LogP contribution is -2.16. The van der Waals surface area contributed by atoms with E-state index in [-0.39, 0.29) is 11.7 Å². The molecule has 0 aliphatic heterocycles. The molecule has 1 N–H and O–H groups in total. The van der Waals surface area contributed by atoms with Gasteiger partial charge in [-0.2, -0.15) is 5.10 Å². The van der Waals surface area contributed by atoms with Crippen molar-refractivity contribution in [3.05, 3.63) is 89.5 Å². The summed E-state index contributed by atoms with van der Waals surface area (Å²) in [7, 11) is 1.91. The Kier molecular flexibility index (Phi) is 4.71. The van der Waals surface area contributed by atoms with E-state index in [0.717, 1.165) is 5.69 Å². The molecule has 5 nitrogen and oxygen atoms in total. The first-order valence-corrected chi connectivity index (χ1v) is 8.94. The third-order valence-corrected chi connectivity index (χ3v) is 4.57. The standard InChI is InChI=1S/C21H16ClFN4O/c1-26-12-2-3-19(26)18-13-20(21(28)24-16-8-6-15(23)7-9-16)27(25-18)17-10-4-14(22)5-11-17/h2-13H,1H3,(H,24,28). The molecule has 0 fully saturated rings. The van der Waals surface area contributed by atoms with E-state index in [2.05, 4.69) is 10.4 Å². The van der Waals surface area contributed by atoms with E-state index in [1.165, 1.54) is 24.3 Å². The lowest BCUT2D eigenvalue weighted by Gasteiger charge is -2.08. The number of carbonyl (C=O) groups excluding carboxylic acids is 1. The van der Waals surface area contributed by atoms with Gasteiger partial charge in [-0.05, 0) is 66.7 Å².